The smallest absolute Gasteiger partial charge is 0.438 e. The van der Waals surface area contributed by atoms with Crippen LogP contribution in [0, 0.1) is 11.7 Å². The van der Waals surface area contributed by atoms with Crippen LogP contribution in [0.5, 0.6) is 0 Å². The molecule has 0 aliphatic rings. The molecule has 0 saturated heterocycles. The van der Waals surface area contributed by atoms with Crippen LogP contribution in [0.3, 0.4) is 0 Å². The molecule has 0 aromatic heterocycles. The van der Waals surface area contributed by atoms with E-state index >= 15 is 0 Å². The maximum atomic E-state index is 11.7. The Hall–Kier alpha value is 0.971. The van der Waals surface area contributed by atoms with Crippen LogP contribution >= 0.6 is 0 Å². The largest absolute Gasteiger partial charge is 1.00 e. The van der Waals surface area contributed by atoms with Gasteiger partial charge in [0.15, 0.2) is 0 Å². The van der Waals surface area contributed by atoms with Crippen LogP contribution < -0.4 is 51.4 Å². The summed E-state index contributed by atoms with van der Waals surface area (Å²) in [6.07, 6.45) is -1.07. The normalized spacial score (nSPS) is 10.4. The molecule has 0 saturated carbocycles. The van der Waals surface area contributed by atoms with Crippen LogP contribution in [-0.2, 0) is 9.47 Å². The Morgan fingerprint density at radius 1 is 1.14 bits per heavy atom. The van der Waals surface area contributed by atoms with Crippen molar-refractivity contribution >= 4 is 6.98 Å². The monoisotopic (exact) mass is 234 g/mol. The Morgan fingerprint density at radius 2 is 1.57 bits per heavy atom. The van der Waals surface area contributed by atoms with Crippen molar-refractivity contribution in [3.05, 3.63) is 0 Å². The van der Waals surface area contributed by atoms with Gasteiger partial charge in [0.1, 0.15) is 0 Å². The van der Waals surface area contributed by atoms with E-state index in [4.69, 9.17) is 9.47 Å². The molecule has 0 aromatic carbocycles. The van der Waals surface area contributed by atoms with E-state index in [2.05, 4.69) is 0 Å². The number of halogens is 3. The first-order valence-electron chi connectivity index (χ1n) is 3.94. The third-order valence-electron chi connectivity index (χ3n) is 1.00. The second-order valence-electron chi connectivity index (χ2n) is 2.11. The molecule has 0 heterocycles. The quantitative estimate of drug-likeness (QED) is 0.345. The number of hydrogen-bond donors (Lipinski definition) is 0. The van der Waals surface area contributed by atoms with Crippen LogP contribution in [-0.4, -0.2) is 26.5 Å². The Morgan fingerprint density at radius 3 is 1.86 bits per heavy atom. The molecular weight excluding hydrogens is 223 g/mol. The van der Waals surface area contributed by atoms with Gasteiger partial charge in [-0.2, -0.15) is 5.82 Å². The van der Waals surface area contributed by atoms with E-state index in [-0.39, 0.29) is 64.6 Å². The molecule has 14 heavy (non-hydrogen) atoms. The molecule has 0 spiro atoms. The third-order valence-corrected chi connectivity index (χ3v) is 1.00. The van der Waals surface area contributed by atoms with Crippen molar-refractivity contribution < 1.29 is 73.8 Å². The molecule has 0 atom stereocenters. The van der Waals surface area contributed by atoms with E-state index in [0.29, 0.717) is 0 Å². The third kappa shape index (κ3) is 11.0. The first kappa shape index (κ1) is 17.4. The van der Waals surface area contributed by atoms with Gasteiger partial charge < -0.3 is 22.4 Å². The minimum Gasteiger partial charge on any atom is -0.438 e. The van der Waals surface area contributed by atoms with Gasteiger partial charge in [-0.15, -0.1) is 0 Å². The van der Waals surface area contributed by atoms with Gasteiger partial charge in [0.05, 0.1) is 0 Å². The van der Waals surface area contributed by atoms with Gasteiger partial charge in [0, 0.05) is 13.2 Å². The summed E-state index contributed by atoms with van der Waals surface area (Å²) in [5, 5.41) is 0. The Bertz CT molecular complexity index is 193. The van der Waals surface area contributed by atoms with Crippen LogP contribution in [0.2, 0.25) is 0 Å². The molecule has 0 aliphatic carbocycles. The van der Waals surface area contributed by atoms with Gasteiger partial charge in [-0.05, 0) is 13.8 Å². The molecule has 76 valence electrons. The van der Waals surface area contributed by atoms with Crippen LogP contribution in [0.25, 0.3) is 0 Å². The molecule has 0 unspecified atom stereocenters. The van der Waals surface area contributed by atoms with E-state index in [1.165, 1.54) is 0 Å². The van der Waals surface area contributed by atoms with Gasteiger partial charge in [0.2, 0.25) is 6.29 Å². The average molecular weight is 234 g/mol. The zero-order valence-corrected chi connectivity index (χ0v) is 11.6. The van der Waals surface area contributed by atoms with Gasteiger partial charge >= 0.3 is 58.4 Å². The minimum absolute atomic E-state index is 0. The standard InChI is InChI=1S/C7H11BF3O2.K/c1-3-12-7(13-4-2)5-6-8(9,10)11;/h7H,3-4H2,1-2H3;/q-1;+1. The molecule has 0 amide bonds. The van der Waals surface area contributed by atoms with Crippen LogP contribution in [0.15, 0.2) is 0 Å². The first-order chi connectivity index (χ1) is 5.99. The van der Waals surface area contributed by atoms with E-state index in [1.54, 1.807) is 13.8 Å². The van der Waals surface area contributed by atoms with Gasteiger partial charge in [-0.1, -0.05) is 5.92 Å². The van der Waals surface area contributed by atoms with E-state index in [9.17, 15) is 12.9 Å². The van der Waals surface area contributed by atoms with Crippen LogP contribution in [0.4, 0.5) is 12.9 Å². The second-order valence-corrected chi connectivity index (χ2v) is 2.11. The zero-order valence-electron chi connectivity index (χ0n) is 8.52. The summed E-state index contributed by atoms with van der Waals surface area (Å²) in [4.78, 5) is 0. The Labute approximate surface area is 124 Å². The maximum absolute atomic E-state index is 11.7. The van der Waals surface area contributed by atoms with Crippen molar-refractivity contribution in [2.45, 2.75) is 20.1 Å². The molecular formula is C7H11BF3KO2. The van der Waals surface area contributed by atoms with Crippen molar-refractivity contribution in [1.82, 2.24) is 0 Å². The molecule has 0 aliphatic heterocycles. The fourth-order valence-electron chi connectivity index (χ4n) is 0.597. The fraction of sp³-hybridized carbons (Fsp3) is 0.714. The molecule has 0 aromatic rings. The first-order valence-corrected chi connectivity index (χ1v) is 3.94. The summed E-state index contributed by atoms with van der Waals surface area (Å²) in [6.45, 7) is -1.23. The van der Waals surface area contributed by atoms with Gasteiger partial charge in [-0.3, -0.25) is 0 Å². The van der Waals surface area contributed by atoms with E-state index < -0.39 is 13.3 Å². The molecule has 0 radical (unpaired) electrons. The summed E-state index contributed by atoms with van der Waals surface area (Å²) in [5.74, 6) is 3.02. The van der Waals surface area contributed by atoms with Crippen LogP contribution in [0.1, 0.15) is 13.8 Å². The summed E-state index contributed by atoms with van der Waals surface area (Å²) in [7, 11) is 0. The van der Waals surface area contributed by atoms with E-state index in [0.717, 1.165) is 5.82 Å². The Balaban J connectivity index is 0. The van der Waals surface area contributed by atoms with Crippen molar-refractivity contribution in [2.75, 3.05) is 13.2 Å². The summed E-state index contributed by atoms with van der Waals surface area (Å²) >= 11 is 0. The zero-order chi connectivity index (χ0) is 10.3. The summed E-state index contributed by atoms with van der Waals surface area (Å²) < 4.78 is 44.6. The second kappa shape index (κ2) is 9.22. The van der Waals surface area contributed by atoms with Crippen molar-refractivity contribution in [1.29, 1.82) is 0 Å². The molecule has 0 rings (SSSR count). The number of ether oxygens (including phenoxy) is 2. The minimum atomic E-state index is -5.08. The maximum Gasteiger partial charge on any atom is 1.00 e. The number of hydrogen-bond acceptors (Lipinski definition) is 2. The SMILES string of the molecule is CCOC(C#C[B-](F)(F)F)OCC.[K+]. The number of rotatable bonds is 4. The molecule has 0 N–H and O–H groups in total. The van der Waals surface area contributed by atoms with Crippen molar-refractivity contribution in [3.8, 4) is 11.7 Å². The van der Waals surface area contributed by atoms with Gasteiger partial charge in [-0.25, -0.2) is 0 Å². The average Bonchev–Trinajstić information content (AvgIpc) is 2.00. The topological polar surface area (TPSA) is 18.5 Å². The molecule has 0 bridgehead atoms. The fourth-order valence-corrected chi connectivity index (χ4v) is 0.597. The Kier molecular flexibility index (Phi) is 11.4. The van der Waals surface area contributed by atoms with Gasteiger partial charge in [0.25, 0.3) is 0 Å². The molecule has 7 heteroatoms. The summed E-state index contributed by atoms with van der Waals surface area (Å²) in [5.41, 5.74) is 0. The molecule has 0 fully saturated rings. The predicted molar refractivity (Wildman–Crippen MR) is 43.9 cm³/mol. The van der Waals surface area contributed by atoms with Crippen molar-refractivity contribution in [3.63, 3.8) is 0 Å². The van der Waals surface area contributed by atoms with E-state index in [1.807, 2.05) is 5.92 Å². The molecule has 2 nitrogen and oxygen atoms in total. The van der Waals surface area contributed by atoms with Crippen molar-refractivity contribution in [2.24, 2.45) is 0 Å². The summed E-state index contributed by atoms with van der Waals surface area (Å²) in [6, 6.07) is 0. The predicted octanol–water partition coefficient (Wildman–Crippen LogP) is -1.22.